The number of hydrogen-bond donors (Lipinski definition) is 1. The van der Waals surface area contributed by atoms with Crippen molar-refractivity contribution in [2.75, 3.05) is 6.54 Å². The van der Waals surface area contributed by atoms with Gasteiger partial charge in [0.2, 0.25) is 11.7 Å². The van der Waals surface area contributed by atoms with Gasteiger partial charge in [-0.25, -0.2) is 4.57 Å². The van der Waals surface area contributed by atoms with Crippen LogP contribution in [0.4, 0.5) is 0 Å². The minimum atomic E-state index is -0.348. The zero-order valence-electron chi connectivity index (χ0n) is 18.0. The number of nitrogens with zero attached hydrogens (tertiary/aromatic N) is 4. The van der Waals surface area contributed by atoms with Gasteiger partial charge in [-0.3, -0.25) is 14.0 Å². The number of carbonyl (C=O) groups excluding carboxylic acids is 1. The highest BCUT2D eigenvalue weighted by molar-refractivity contribution is 8.00. The van der Waals surface area contributed by atoms with Crippen molar-refractivity contribution in [3.8, 4) is 5.69 Å². The highest BCUT2D eigenvalue weighted by atomic mass is 32.2. The molecule has 0 spiro atoms. The van der Waals surface area contributed by atoms with Gasteiger partial charge in [0.25, 0.3) is 5.56 Å². The molecule has 0 radical (unpaired) electrons. The molecule has 2 heterocycles. The Balaban J connectivity index is 1.95. The van der Waals surface area contributed by atoms with Crippen molar-refractivity contribution < 1.29 is 4.79 Å². The summed E-state index contributed by atoms with van der Waals surface area (Å²) in [5.41, 5.74) is 3.45. The van der Waals surface area contributed by atoms with Gasteiger partial charge in [0.15, 0.2) is 5.16 Å². The normalized spacial score (nSPS) is 12.4. The molecule has 8 heteroatoms. The first kappa shape index (κ1) is 21.1. The lowest BCUT2D eigenvalue weighted by atomic mass is 10.1. The van der Waals surface area contributed by atoms with E-state index in [0.717, 1.165) is 28.8 Å². The number of thioether (sulfide) groups is 1. The second kappa shape index (κ2) is 8.55. The van der Waals surface area contributed by atoms with Crippen molar-refractivity contribution in [1.82, 2.24) is 24.5 Å². The molecule has 7 nitrogen and oxygen atoms in total. The number of benzene rings is 2. The molecule has 0 aliphatic carbocycles. The Morgan fingerprint density at radius 2 is 1.90 bits per heavy atom. The van der Waals surface area contributed by atoms with E-state index < -0.39 is 0 Å². The summed E-state index contributed by atoms with van der Waals surface area (Å²) in [4.78, 5) is 25.9. The molecule has 31 heavy (non-hydrogen) atoms. The van der Waals surface area contributed by atoms with E-state index in [1.807, 2.05) is 74.6 Å². The van der Waals surface area contributed by atoms with Gasteiger partial charge in [0.1, 0.15) is 0 Å². The zero-order valence-corrected chi connectivity index (χ0v) is 18.9. The van der Waals surface area contributed by atoms with Gasteiger partial charge in [0.05, 0.1) is 21.8 Å². The van der Waals surface area contributed by atoms with Crippen LogP contribution in [0, 0.1) is 13.8 Å². The van der Waals surface area contributed by atoms with Gasteiger partial charge in [0, 0.05) is 6.54 Å². The molecule has 0 aliphatic heterocycles. The number of carbonyl (C=O) groups is 1. The molecule has 0 fully saturated rings. The molecule has 4 aromatic rings. The maximum Gasteiger partial charge on any atom is 0.267 e. The number of rotatable bonds is 6. The minimum Gasteiger partial charge on any atom is -0.355 e. The summed E-state index contributed by atoms with van der Waals surface area (Å²) in [7, 11) is 0. The molecular weight excluding hydrogens is 410 g/mol. The largest absolute Gasteiger partial charge is 0.355 e. The van der Waals surface area contributed by atoms with E-state index in [1.54, 1.807) is 4.57 Å². The number of para-hydroxylation sites is 1. The SMILES string of the molecule is CCCNC(=O)C(C)Sc1nnc2n(-c3cccc(C)c3C)c(=O)c3ccccc3n12. The second-order valence-electron chi connectivity index (χ2n) is 7.55. The van der Waals surface area contributed by atoms with Crippen LogP contribution in [-0.2, 0) is 4.79 Å². The van der Waals surface area contributed by atoms with Gasteiger partial charge >= 0.3 is 0 Å². The van der Waals surface area contributed by atoms with Crippen LogP contribution < -0.4 is 10.9 Å². The monoisotopic (exact) mass is 435 g/mol. The van der Waals surface area contributed by atoms with Crippen LogP contribution in [0.5, 0.6) is 0 Å². The average molecular weight is 436 g/mol. The lowest BCUT2D eigenvalue weighted by Gasteiger charge is -2.15. The predicted octanol–water partition coefficient (Wildman–Crippen LogP) is 3.66. The van der Waals surface area contributed by atoms with Crippen molar-refractivity contribution in [3.05, 3.63) is 63.9 Å². The van der Waals surface area contributed by atoms with Crippen molar-refractivity contribution in [1.29, 1.82) is 0 Å². The molecule has 1 N–H and O–H groups in total. The van der Waals surface area contributed by atoms with E-state index in [4.69, 9.17) is 0 Å². The third-order valence-electron chi connectivity index (χ3n) is 5.41. The van der Waals surface area contributed by atoms with Crippen LogP contribution >= 0.6 is 11.8 Å². The summed E-state index contributed by atoms with van der Waals surface area (Å²) in [5, 5.41) is 12.5. The first-order valence-corrected chi connectivity index (χ1v) is 11.2. The first-order chi connectivity index (χ1) is 14.9. The lowest BCUT2D eigenvalue weighted by Crippen LogP contribution is -2.31. The van der Waals surface area contributed by atoms with E-state index in [-0.39, 0.29) is 16.7 Å². The molecule has 1 amide bonds. The van der Waals surface area contributed by atoms with Crippen molar-refractivity contribution in [2.24, 2.45) is 0 Å². The number of hydrogen-bond acceptors (Lipinski definition) is 5. The Kier molecular flexibility index (Phi) is 5.82. The fourth-order valence-corrected chi connectivity index (χ4v) is 4.43. The van der Waals surface area contributed by atoms with Crippen LogP contribution in [0.15, 0.2) is 52.4 Å². The molecule has 4 rings (SSSR count). The molecule has 1 unspecified atom stereocenters. The second-order valence-corrected chi connectivity index (χ2v) is 8.85. The quantitative estimate of drug-likeness (QED) is 0.468. The Labute approximate surface area is 184 Å². The number of aryl methyl sites for hydroxylation is 1. The molecule has 0 bridgehead atoms. The molecule has 0 aliphatic rings. The Morgan fingerprint density at radius 1 is 1.13 bits per heavy atom. The van der Waals surface area contributed by atoms with Gasteiger partial charge in [-0.2, -0.15) is 0 Å². The lowest BCUT2D eigenvalue weighted by molar-refractivity contribution is -0.120. The maximum absolute atomic E-state index is 13.5. The highest BCUT2D eigenvalue weighted by Gasteiger charge is 2.22. The average Bonchev–Trinajstić information content (AvgIpc) is 3.18. The van der Waals surface area contributed by atoms with Crippen LogP contribution in [0.1, 0.15) is 31.4 Å². The van der Waals surface area contributed by atoms with Crippen LogP contribution in [-0.4, -0.2) is 36.9 Å². The summed E-state index contributed by atoms with van der Waals surface area (Å²) in [6, 6.07) is 13.3. The Hall–Kier alpha value is -3.13. The highest BCUT2D eigenvalue weighted by Crippen LogP contribution is 2.27. The Bertz CT molecular complexity index is 1340. The fraction of sp³-hybridized carbons (Fsp3) is 0.304. The summed E-state index contributed by atoms with van der Waals surface area (Å²) in [6.45, 7) is 8.51. The van der Waals surface area contributed by atoms with Crippen LogP contribution in [0.25, 0.3) is 22.4 Å². The molecule has 1 atom stereocenters. The smallest absolute Gasteiger partial charge is 0.267 e. The zero-order chi connectivity index (χ0) is 22.1. The van der Waals surface area contributed by atoms with E-state index >= 15 is 0 Å². The maximum atomic E-state index is 13.5. The third-order valence-corrected chi connectivity index (χ3v) is 6.45. The summed E-state index contributed by atoms with van der Waals surface area (Å²) < 4.78 is 3.48. The summed E-state index contributed by atoms with van der Waals surface area (Å²) >= 11 is 1.33. The first-order valence-electron chi connectivity index (χ1n) is 10.3. The molecule has 0 saturated heterocycles. The van der Waals surface area contributed by atoms with Crippen LogP contribution in [0.3, 0.4) is 0 Å². The number of aromatic nitrogens is 4. The minimum absolute atomic E-state index is 0.0456. The van der Waals surface area contributed by atoms with E-state index in [2.05, 4.69) is 15.5 Å². The fourth-order valence-electron chi connectivity index (χ4n) is 3.55. The van der Waals surface area contributed by atoms with E-state index in [1.165, 1.54) is 11.8 Å². The predicted molar refractivity (Wildman–Crippen MR) is 124 cm³/mol. The van der Waals surface area contributed by atoms with Gasteiger partial charge in [-0.05, 0) is 56.5 Å². The standard InChI is InChI=1S/C23H25N5O2S/c1-5-13-24-20(29)16(4)31-23-26-25-22-27(18-12-8-9-14(2)15(18)3)21(30)17-10-6-7-11-19(17)28(22)23/h6-12,16H,5,13H2,1-4H3,(H,24,29). The number of fused-ring (bicyclic) bond motifs is 3. The number of amides is 1. The Morgan fingerprint density at radius 3 is 2.68 bits per heavy atom. The van der Waals surface area contributed by atoms with Crippen molar-refractivity contribution in [3.63, 3.8) is 0 Å². The topological polar surface area (TPSA) is 81.3 Å². The molecule has 2 aromatic carbocycles. The van der Waals surface area contributed by atoms with Crippen molar-refractivity contribution in [2.45, 2.75) is 44.5 Å². The van der Waals surface area contributed by atoms with E-state index in [0.29, 0.717) is 22.9 Å². The summed E-state index contributed by atoms with van der Waals surface area (Å²) in [5.74, 6) is 0.386. The van der Waals surface area contributed by atoms with Gasteiger partial charge < -0.3 is 5.32 Å². The van der Waals surface area contributed by atoms with Gasteiger partial charge in [-0.1, -0.05) is 43.0 Å². The number of nitrogens with one attached hydrogen (secondary N) is 1. The molecule has 160 valence electrons. The van der Waals surface area contributed by atoms with E-state index in [9.17, 15) is 9.59 Å². The third kappa shape index (κ3) is 3.72. The molecule has 0 saturated carbocycles. The molecular formula is C23H25N5O2S. The summed E-state index contributed by atoms with van der Waals surface area (Å²) in [6.07, 6.45) is 0.879. The van der Waals surface area contributed by atoms with Gasteiger partial charge in [-0.15, -0.1) is 10.2 Å². The van der Waals surface area contributed by atoms with Crippen molar-refractivity contribution >= 4 is 34.3 Å². The van der Waals surface area contributed by atoms with Crippen LogP contribution in [0.2, 0.25) is 0 Å². The molecule has 2 aromatic heterocycles.